The maximum absolute atomic E-state index is 5.53. The normalized spacial score (nSPS) is 11.2. The monoisotopic (exact) mass is 264 g/mol. The highest BCUT2D eigenvalue weighted by Gasteiger charge is 1.93. The summed E-state index contributed by atoms with van der Waals surface area (Å²) in [6.45, 7) is 0. The van der Waals surface area contributed by atoms with Crippen LogP contribution in [0.25, 0.3) is 0 Å². The predicted octanol–water partition coefficient (Wildman–Crippen LogP) is 4.24. The van der Waals surface area contributed by atoms with Crippen LogP contribution in [0.1, 0.15) is 11.3 Å². The van der Waals surface area contributed by atoms with Crippen molar-refractivity contribution in [3.63, 3.8) is 0 Å². The van der Waals surface area contributed by atoms with Gasteiger partial charge in [0.1, 0.15) is 0 Å². The van der Waals surface area contributed by atoms with E-state index in [-0.39, 0.29) is 0 Å². The van der Waals surface area contributed by atoms with Gasteiger partial charge in [-0.15, -0.1) is 22.9 Å². The summed E-state index contributed by atoms with van der Waals surface area (Å²) in [5, 5.41) is 0. The van der Waals surface area contributed by atoms with Crippen LogP contribution in [0, 0.1) is 0 Å². The van der Waals surface area contributed by atoms with E-state index in [4.69, 9.17) is 11.6 Å². The maximum atomic E-state index is 5.53. The summed E-state index contributed by atoms with van der Waals surface area (Å²) in [5.41, 5.74) is 0. The number of hydrogen-bond acceptors (Lipinski definition) is 1. The number of halogens is 2. The number of rotatable bonds is 4. The van der Waals surface area contributed by atoms with E-state index in [1.54, 1.807) is 11.3 Å². The van der Waals surface area contributed by atoms with Gasteiger partial charge in [0, 0.05) is 10.8 Å². The van der Waals surface area contributed by atoms with Crippen molar-refractivity contribution in [2.24, 2.45) is 0 Å². The first kappa shape index (κ1) is 10.3. The summed E-state index contributed by atoms with van der Waals surface area (Å²) in [4.78, 5) is 1.38. The van der Waals surface area contributed by atoms with E-state index < -0.39 is 0 Å². The van der Waals surface area contributed by atoms with Crippen molar-refractivity contribution in [2.45, 2.75) is 12.8 Å². The molecule has 66 valence electrons. The highest BCUT2D eigenvalue weighted by molar-refractivity contribution is 9.11. The van der Waals surface area contributed by atoms with Crippen LogP contribution in [0.4, 0.5) is 0 Å². The van der Waals surface area contributed by atoms with Crippen molar-refractivity contribution in [1.82, 2.24) is 0 Å². The molecular formula is C9H10BrClS. The fourth-order valence-electron chi connectivity index (χ4n) is 0.842. The Hall–Kier alpha value is 0.210. The van der Waals surface area contributed by atoms with Gasteiger partial charge in [0.2, 0.25) is 0 Å². The molecular weight excluding hydrogens is 256 g/mol. The quantitative estimate of drug-likeness (QED) is 0.564. The van der Waals surface area contributed by atoms with Crippen molar-refractivity contribution >= 4 is 38.9 Å². The van der Waals surface area contributed by atoms with Crippen molar-refractivity contribution in [3.05, 3.63) is 32.9 Å². The Morgan fingerprint density at radius 3 is 2.83 bits per heavy atom. The molecule has 0 aliphatic heterocycles. The van der Waals surface area contributed by atoms with Crippen LogP contribution in [0.3, 0.4) is 0 Å². The van der Waals surface area contributed by atoms with E-state index in [0.717, 1.165) is 12.8 Å². The lowest BCUT2D eigenvalue weighted by Gasteiger charge is -1.86. The van der Waals surface area contributed by atoms with Crippen molar-refractivity contribution in [3.8, 4) is 0 Å². The molecule has 0 atom stereocenters. The van der Waals surface area contributed by atoms with Crippen molar-refractivity contribution < 1.29 is 0 Å². The second-order valence-corrected chi connectivity index (χ2v) is 5.28. The summed E-state index contributed by atoms with van der Waals surface area (Å²) in [7, 11) is 0. The van der Waals surface area contributed by atoms with Gasteiger partial charge in [-0.1, -0.05) is 12.2 Å². The highest BCUT2D eigenvalue weighted by atomic mass is 79.9. The van der Waals surface area contributed by atoms with Gasteiger partial charge in [-0.3, -0.25) is 0 Å². The molecule has 0 aliphatic rings. The molecule has 0 bridgehead atoms. The molecule has 0 fully saturated rings. The van der Waals surface area contributed by atoms with Gasteiger partial charge in [-0.25, -0.2) is 0 Å². The highest BCUT2D eigenvalue weighted by Crippen LogP contribution is 2.22. The Kier molecular flexibility index (Phi) is 4.96. The molecule has 0 saturated carbocycles. The van der Waals surface area contributed by atoms with Gasteiger partial charge in [0.25, 0.3) is 0 Å². The third kappa shape index (κ3) is 3.74. The van der Waals surface area contributed by atoms with E-state index in [9.17, 15) is 0 Å². The van der Waals surface area contributed by atoms with Crippen LogP contribution in [0.2, 0.25) is 0 Å². The van der Waals surface area contributed by atoms with Gasteiger partial charge >= 0.3 is 0 Å². The summed E-state index contributed by atoms with van der Waals surface area (Å²) in [5.74, 6) is 0.713. The first-order chi connectivity index (χ1) is 5.83. The topological polar surface area (TPSA) is 0 Å². The summed E-state index contributed by atoms with van der Waals surface area (Å²) in [6.07, 6.45) is 6.28. The zero-order valence-electron chi connectivity index (χ0n) is 6.59. The minimum Gasteiger partial charge on any atom is -0.133 e. The first-order valence-corrected chi connectivity index (χ1v) is 5.92. The second-order valence-electron chi connectivity index (χ2n) is 2.36. The fraction of sp³-hybridized carbons (Fsp3) is 0.333. The third-order valence-electron chi connectivity index (χ3n) is 1.39. The molecule has 0 N–H and O–H groups in total. The Morgan fingerprint density at radius 2 is 2.25 bits per heavy atom. The van der Waals surface area contributed by atoms with Crippen LogP contribution < -0.4 is 0 Å². The second kappa shape index (κ2) is 5.79. The zero-order valence-corrected chi connectivity index (χ0v) is 9.75. The Bertz CT molecular complexity index is 255. The molecule has 0 aliphatic carbocycles. The van der Waals surface area contributed by atoms with E-state index in [1.807, 2.05) is 0 Å². The summed E-state index contributed by atoms with van der Waals surface area (Å²) >= 11 is 10.7. The SMILES string of the molecule is ClCCC=CCc1ccc(Br)s1. The molecule has 0 nitrogen and oxygen atoms in total. The minimum absolute atomic E-state index is 0.713. The number of hydrogen-bond donors (Lipinski definition) is 0. The van der Waals surface area contributed by atoms with Crippen LogP contribution in [-0.2, 0) is 6.42 Å². The zero-order chi connectivity index (χ0) is 8.81. The fourth-order valence-corrected chi connectivity index (χ4v) is 2.43. The van der Waals surface area contributed by atoms with Gasteiger partial charge in [0.05, 0.1) is 3.79 Å². The van der Waals surface area contributed by atoms with Gasteiger partial charge in [-0.05, 0) is 40.9 Å². The average Bonchev–Trinajstić information content (AvgIpc) is 2.45. The van der Waals surface area contributed by atoms with Gasteiger partial charge in [0.15, 0.2) is 0 Å². The van der Waals surface area contributed by atoms with E-state index in [0.29, 0.717) is 5.88 Å². The third-order valence-corrected chi connectivity index (χ3v) is 3.25. The van der Waals surface area contributed by atoms with Crippen molar-refractivity contribution in [2.75, 3.05) is 5.88 Å². The molecule has 1 heterocycles. The molecule has 0 aromatic carbocycles. The number of alkyl halides is 1. The molecule has 0 spiro atoms. The lowest BCUT2D eigenvalue weighted by Crippen LogP contribution is -1.72. The van der Waals surface area contributed by atoms with E-state index >= 15 is 0 Å². The standard InChI is InChI=1S/C9H10BrClS/c10-9-6-5-8(12-9)4-2-1-3-7-11/h1-2,5-6H,3-4,7H2. The van der Waals surface area contributed by atoms with E-state index in [1.165, 1.54) is 8.66 Å². The molecule has 0 amide bonds. The minimum atomic E-state index is 0.713. The van der Waals surface area contributed by atoms with Crippen LogP contribution >= 0.6 is 38.9 Å². The Balaban J connectivity index is 2.33. The van der Waals surface area contributed by atoms with Gasteiger partial charge in [-0.2, -0.15) is 0 Å². The molecule has 12 heavy (non-hydrogen) atoms. The Labute approximate surface area is 90.4 Å². The lowest BCUT2D eigenvalue weighted by atomic mass is 10.3. The lowest BCUT2D eigenvalue weighted by molar-refractivity contribution is 1.20. The average molecular weight is 266 g/mol. The van der Waals surface area contributed by atoms with Crippen molar-refractivity contribution in [1.29, 1.82) is 0 Å². The molecule has 0 unspecified atom stereocenters. The maximum Gasteiger partial charge on any atom is 0.0701 e. The molecule has 3 heteroatoms. The first-order valence-electron chi connectivity index (χ1n) is 3.78. The largest absolute Gasteiger partial charge is 0.133 e. The molecule has 0 saturated heterocycles. The molecule has 0 radical (unpaired) electrons. The summed E-state index contributed by atoms with van der Waals surface area (Å²) in [6, 6.07) is 4.22. The van der Waals surface area contributed by atoms with Crippen LogP contribution in [0.5, 0.6) is 0 Å². The van der Waals surface area contributed by atoms with Crippen LogP contribution in [-0.4, -0.2) is 5.88 Å². The molecule has 1 aromatic rings. The smallest absolute Gasteiger partial charge is 0.0701 e. The van der Waals surface area contributed by atoms with E-state index in [2.05, 4.69) is 40.2 Å². The van der Waals surface area contributed by atoms with Crippen LogP contribution in [0.15, 0.2) is 28.1 Å². The Morgan fingerprint density at radius 1 is 1.42 bits per heavy atom. The number of thiophene rings is 1. The molecule has 1 rings (SSSR count). The van der Waals surface area contributed by atoms with Gasteiger partial charge < -0.3 is 0 Å². The summed E-state index contributed by atoms with van der Waals surface area (Å²) < 4.78 is 1.20. The number of allylic oxidation sites excluding steroid dienone is 2. The predicted molar refractivity (Wildman–Crippen MR) is 60.2 cm³/mol. The molecule has 1 aromatic heterocycles.